The summed E-state index contributed by atoms with van der Waals surface area (Å²) in [5.74, 6) is 0.118. The first-order chi connectivity index (χ1) is 7.12. The van der Waals surface area contributed by atoms with Crippen molar-refractivity contribution in [2.24, 2.45) is 0 Å². The number of rotatable bonds is 1. The summed E-state index contributed by atoms with van der Waals surface area (Å²) in [6.07, 6.45) is 3.74. The van der Waals surface area contributed by atoms with E-state index in [9.17, 15) is 9.59 Å². The van der Waals surface area contributed by atoms with Crippen molar-refractivity contribution in [1.29, 1.82) is 0 Å². The molecule has 1 atom stereocenters. The third-order valence-corrected chi connectivity index (χ3v) is 3.67. The molecule has 0 aromatic heterocycles. The van der Waals surface area contributed by atoms with E-state index in [2.05, 4.69) is 5.32 Å². The number of nitrogens with one attached hydrogen (secondary N) is 1. The Morgan fingerprint density at radius 3 is 2.53 bits per heavy atom. The van der Waals surface area contributed by atoms with Crippen molar-refractivity contribution in [3.8, 4) is 0 Å². The van der Waals surface area contributed by atoms with Crippen molar-refractivity contribution < 1.29 is 9.59 Å². The molecule has 1 saturated heterocycles. The van der Waals surface area contributed by atoms with Crippen LogP contribution in [-0.2, 0) is 9.59 Å². The van der Waals surface area contributed by atoms with Crippen molar-refractivity contribution >= 4 is 11.8 Å². The first-order valence-electron chi connectivity index (χ1n) is 5.74. The summed E-state index contributed by atoms with van der Waals surface area (Å²) in [6.45, 7) is 4.34. The van der Waals surface area contributed by atoms with Crippen LogP contribution in [0.3, 0.4) is 0 Å². The maximum absolute atomic E-state index is 12.0. The second-order valence-corrected chi connectivity index (χ2v) is 4.52. The summed E-state index contributed by atoms with van der Waals surface area (Å²) in [5.41, 5.74) is -0.516. The van der Waals surface area contributed by atoms with Crippen molar-refractivity contribution in [3.05, 3.63) is 0 Å². The van der Waals surface area contributed by atoms with Crippen LogP contribution in [0.4, 0.5) is 0 Å². The Morgan fingerprint density at radius 2 is 2.00 bits per heavy atom. The van der Waals surface area contributed by atoms with Gasteiger partial charge in [0, 0.05) is 6.54 Å². The molecule has 2 amide bonds. The van der Waals surface area contributed by atoms with Gasteiger partial charge in [0.1, 0.15) is 11.6 Å². The number of piperazine rings is 1. The fourth-order valence-corrected chi connectivity index (χ4v) is 2.88. The topological polar surface area (TPSA) is 49.4 Å². The minimum atomic E-state index is -0.516. The fourth-order valence-electron chi connectivity index (χ4n) is 2.88. The van der Waals surface area contributed by atoms with Crippen LogP contribution in [0.5, 0.6) is 0 Å². The molecule has 2 aliphatic rings. The molecule has 1 spiro atoms. The van der Waals surface area contributed by atoms with Gasteiger partial charge in [-0.2, -0.15) is 0 Å². The lowest BCUT2D eigenvalue weighted by Crippen LogP contribution is -2.68. The van der Waals surface area contributed by atoms with Crippen LogP contribution in [0.1, 0.15) is 39.5 Å². The number of likely N-dealkylation sites (N-methyl/N-ethyl adjacent to an activating group) is 1. The number of amides is 2. The van der Waals surface area contributed by atoms with Crippen LogP contribution in [0.25, 0.3) is 0 Å². The highest BCUT2D eigenvalue weighted by molar-refractivity contribution is 5.99. The predicted molar refractivity (Wildman–Crippen MR) is 56.2 cm³/mol. The van der Waals surface area contributed by atoms with Crippen molar-refractivity contribution in [3.63, 3.8) is 0 Å². The standard InChI is InChI=1S/C11H18N2O2/c1-3-13-9(14)8(2)12-10(15)11(13)6-4-5-7-11/h8H,3-7H2,1-2H3,(H,12,15). The average Bonchev–Trinajstić information content (AvgIpc) is 2.67. The summed E-state index contributed by atoms with van der Waals surface area (Å²) in [6, 6.07) is -0.358. The van der Waals surface area contributed by atoms with E-state index in [1.165, 1.54) is 0 Å². The summed E-state index contributed by atoms with van der Waals surface area (Å²) in [4.78, 5) is 25.8. The molecule has 1 saturated carbocycles. The molecule has 0 bridgehead atoms. The normalized spacial score (nSPS) is 29.7. The lowest BCUT2D eigenvalue weighted by Gasteiger charge is -2.45. The predicted octanol–water partition coefficient (Wildman–Crippen LogP) is 0.666. The zero-order valence-electron chi connectivity index (χ0n) is 9.38. The van der Waals surface area contributed by atoms with Gasteiger partial charge in [0.15, 0.2) is 0 Å². The van der Waals surface area contributed by atoms with E-state index in [1.807, 2.05) is 6.92 Å². The van der Waals surface area contributed by atoms with Gasteiger partial charge in [0.2, 0.25) is 11.8 Å². The fraction of sp³-hybridized carbons (Fsp3) is 0.818. The molecule has 1 heterocycles. The quantitative estimate of drug-likeness (QED) is 0.691. The summed E-state index contributed by atoms with van der Waals surface area (Å²) in [7, 11) is 0. The number of carbonyl (C=O) groups is 2. The zero-order valence-corrected chi connectivity index (χ0v) is 9.38. The van der Waals surface area contributed by atoms with Gasteiger partial charge in [-0.3, -0.25) is 9.59 Å². The molecule has 84 valence electrons. The highest BCUT2D eigenvalue weighted by atomic mass is 16.2. The molecular formula is C11H18N2O2. The zero-order chi connectivity index (χ0) is 11.1. The van der Waals surface area contributed by atoms with Crippen molar-refractivity contribution in [1.82, 2.24) is 10.2 Å². The van der Waals surface area contributed by atoms with Crippen molar-refractivity contribution in [2.45, 2.75) is 51.1 Å². The van der Waals surface area contributed by atoms with Crippen LogP contribution < -0.4 is 5.32 Å². The molecule has 1 unspecified atom stereocenters. The van der Waals surface area contributed by atoms with Gasteiger partial charge >= 0.3 is 0 Å². The third-order valence-electron chi connectivity index (χ3n) is 3.67. The molecule has 0 aromatic carbocycles. The van der Waals surface area contributed by atoms with E-state index in [-0.39, 0.29) is 17.9 Å². The molecule has 2 fully saturated rings. The third kappa shape index (κ3) is 1.34. The Hall–Kier alpha value is -1.06. The maximum atomic E-state index is 12.0. The first-order valence-corrected chi connectivity index (χ1v) is 5.74. The van der Waals surface area contributed by atoms with E-state index in [4.69, 9.17) is 0 Å². The van der Waals surface area contributed by atoms with Gasteiger partial charge in [0.25, 0.3) is 0 Å². The minimum Gasteiger partial charge on any atom is -0.343 e. The van der Waals surface area contributed by atoms with Gasteiger partial charge < -0.3 is 10.2 Å². The molecule has 15 heavy (non-hydrogen) atoms. The second-order valence-electron chi connectivity index (χ2n) is 4.52. The van der Waals surface area contributed by atoms with Crippen LogP contribution in [0.15, 0.2) is 0 Å². The second kappa shape index (κ2) is 3.51. The molecule has 2 rings (SSSR count). The lowest BCUT2D eigenvalue weighted by atomic mass is 9.90. The smallest absolute Gasteiger partial charge is 0.246 e. The number of hydrogen-bond donors (Lipinski definition) is 1. The highest BCUT2D eigenvalue weighted by Gasteiger charge is 2.52. The average molecular weight is 210 g/mol. The molecule has 1 N–H and O–H groups in total. The van der Waals surface area contributed by atoms with Crippen LogP contribution in [0.2, 0.25) is 0 Å². The van der Waals surface area contributed by atoms with E-state index in [0.717, 1.165) is 25.7 Å². The monoisotopic (exact) mass is 210 g/mol. The van der Waals surface area contributed by atoms with E-state index in [1.54, 1.807) is 11.8 Å². The van der Waals surface area contributed by atoms with Gasteiger partial charge in [-0.15, -0.1) is 0 Å². The van der Waals surface area contributed by atoms with Crippen molar-refractivity contribution in [2.75, 3.05) is 6.54 Å². The minimum absolute atomic E-state index is 0.0500. The summed E-state index contributed by atoms with van der Waals surface area (Å²) < 4.78 is 0. The molecule has 4 nitrogen and oxygen atoms in total. The Bertz CT molecular complexity index is 295. The molecule has 1 aliphatic heterocycles. The SMILES string of the molecule is CCN1C(=O)C(C)NC(=O)C12CCCC2. The molecule has 4 heteroatoms. The van der Waals surface area contributed by atoms with Crippen LogP contribution >= 0.6 is 0 Å². The molecule has 0 radical (unpaired) electrons. The number of carbonyl (C=O) groups excluding carboxylic acids is 2. The first kappa shape index (κ1) is 10.5. The molecule has 0 aromatic rings. The van der Waals surface area contributed by atoms with Gasteiger partial charge in [0.05, 0.1) is 0 Å². The van der Waals surface area contributed by atoms with Gasteiger partial charge in [-0.05, 0) is 26.7 Å². The maximum Gasteiger partial charge on any atom is 0.246 e. The Labute approximate surface area is 90.0 Å². The van der Waals surface area contributed by atoms with E-state index in [0.29, 0.717) is 6.54 Å². The molecule has 1 aliphatic carbocycles. The van der Waals surface area contributed by atoms with Crippen LogP contribution in [0, 0.1) is 0 Å². The number of hydrogen-bond acceptors (Lipinski definition) is 2. The molecular weight excluding hydrogens is 192 g/mol. The van der Waals surface area contributed by atoms with E-state index < -0.39 is 5.54 Å². The highest BCUT2D eigenvalue weighted by Crippen LogP contribution is 2.37. The van der Waals surface area contributed by atoms with Crippen LogP contribution in [-0.4, -0.2) is 34.8 Å². The Morgan fingerprint density at radius 1 is 1.40 bits per heavy atom. The van der Waals surface area contributed by atoms with Gasteiger partial charge in [-0.25, -0.2) is 0 Å². The van der Waals surface area contributed by atoms with E-state index >= 15 is 0 Å². The summed E-state index contributed by atoms with van der Waals surface area (Å²) in [5, 5.41) is 2.80. The summed E-state index contributed by atoms with van der Waals surface area (Å²) >= 11 is 0. The Balaban J connectivity index is 2.34. The largest absolute Gasteiger partial charge is 0.343 e. The number of nitrogens with zero attached hydrogens (tertiary/aromatic N) is 1. The van der Waals surface area contributed by atoms with Gasteiger partial charge in [-0.1, -0.05) is 12.8 Å². The Kier molecular flexibility index (Phi) is 2.44. The lowest BCUT2D eigenvalue weighted by molar-refractivity contribution is -0.156.